The van der Waals surface area contributed by atoms with Crippen LogP contribution < -0.4 is 19.6 Å². The minimum absolute atomic E-state index is 0.00884. The van der Waals surface area contributed by atoms with Crippen molar-refractivity contribution in [2.75, 3.05) is 58.9 Å². The Morgan fingerprint density at radius 3 is 1.07 bits per heavy atom. The van der Waals surface area contributed by atoms with E-state index in [4.69, 9.17) is 0 Å². The number of nitrogens with one attached hydrogen (secondary N) is 2. The van der Waals surface area contributed by atoms with Gasteiger partial charge in [-0.1, -0.05) is 38.1 Å². The molecule has 6 heterocycles. The molecule has 4 atom stereocenters. The van der Waals surface area contributed by atoms with E-state index in [1.807, 2.05) is 0 Å². The zero-order valence-electron chi connectivity index (χ0n) is 46.5. The standard InChI is InChI=1S/2C29H26F9N5O/c2*1-3-23(44)17-10-21(29(36,37)38)25(39-13-17)42-8-9-43(15(2)14-42)26-40-22-12-19(28(33,34)35)11-20(24(22)41-26)16-4-6-18(7-5-16)27(30,31)32/h2*4-7,10-13,15,23,44H,3,8-9,14H2,1-2H3,(H,40,41)/t15-,23+;15-,23-/m11/s1. The molecule has 4 aromatic carbocycles. The Kier molecular flexibility index (Phi) is 17.4. The third-order valence-corrected chi connectivity index (χ3v) is 15.2. The topological polar surface area (TPSA) is 137 Å². The number of aliphatic hydroxyl groups is 2. The summed E-state index contributed by atoms with van der Waals surface area (Å²) >= 11 is 0. The molecule has 0 saturated carbocycles. The average Bonchev–Trinajstić information content (AvgIpc) is 1.62. The van der Waals surface area contributed by atoms with E-state index >= 15 is 0 Å². The zero-order valence-corrected chi connectivity index (χ0v) is 46.5. The van der Waals surface area contributed by atoms with Crippen LogP contribution >= 0.6 is 0 Å². The van der Waals surface area contributed by atoms with Gasteiger partial charge < -0.3 is 39.8 Å². The molecule has 0 spiro atoms. The van der Waals surface area contributed by atoms with Gasteiger partial charge in [0.15, 0.2) is 0 Å². The van der Waals surface area contributed by atoms with Gasteiger partial charge in [0, 0.05) is 74.9 Å². The molecule has 2 saturated heterocycles. The summed E-state index contributed by atoms with van der Waals surface area (Å²) in [6.07, 6.45) is -27.7. The molecule has 10 rings (SSSR count). The van der Waals surface area contributed by atoms with Crippen LogP contribution in [0.2, 0.25) is 0 Å². The van der Waals surface area contributed by atoms with E-state index in [2.05, 4.69) is 29.9 Å². The predicted molar refractivity (Wildman–Crippen MR) is 290 cm³/mol. The van der Waals surface area contributed by atoms with Gasteiger partial charge in [-0.3, -0.25) is 0 Å². The highest BCUT2D eigenvalue weighted by Crippen LogP contribution is 2.44. The summed E-state index contributed by atoms with van der Waals surface area (Å²) < 4.78 is 245. The minimum Gasteiger partial charge on any atom is -0.388 e. The average molecular weight is 1260 g/mol. The lowest BCUT2D eigenvalue weighted by atomic mass is 9.99. The zero-order chi connectivity index (χ0) is 64.4. The summed E-state index contributed by atoms with van der Waals surface area (Å²) in [4.78, 5) is 29.1. The maximum atomic E-state index is 14.0. The van der Waals surface area contributed by atoms with Gasteiger partial charge in [0.1, 0.15) is 11.6 Å². The lowest BCUT2D eigenvalue weighted by molar-refractivity contribution is -0.138. The summed E-state index contributed by atoms with van der Waals surface area (Å²) in [6.45, 7) is 7.16. The number of nitrogens with zero attached hydrogens (tertiary/aromatic N) is 8. The lowest BCUT2D eigenvalue weighted by Gasteiger charge is -2.41. The number of imidazole rings is 2. The number of piperazine rings is 2. The molecule has 472 valence electrons. The Balaban J connectivity index is 0.000000209. The number of aliphatic hydroxyl groups excluding tert-OH is 2. The summed E-state index contributed by atoms with van der Waals surface area (Å²) in [5.41, 5.74) is -5.61. The second-order valence-corrected chi connectivity index (χ2v) is 21.2. The van der Waals surface area contributed by atoms with Gasteiger partial charge in [0.25, 0.3) is 0 Å². The van der Waals surface area contributed by atoms with E-state index in [1.165, 1.54) is 22.2 Å². The van der Waals surface area contributed by atoms with E-state index in [9.17, 15) is 89.2 Å². The van der Waals surface area contributed by atoms with Gasteiger partial charge in [-0.25, -0.2) is 19.9 Å². The maximum Gasteiger partial charge on any atom is 0.419 e. The van der Waals surface area contributed by atoms with Gasteiger partial charge in [-0.15, -0.1) is 0 Å². The Labute approximate surface area is 488 Å². The van der Waals surface area contributed by atoms with Crippen LogP contribution in [0.4, 0.5) is 103 Å². The second-order valence-electron chi connectivity index (χ2n) is 21.2. The molecular formula is C58H52F18N10O2. The lowest BCUT2D eigenvalue weighted by Crippen LogP contribution is -2.53. The first-order chi connectivity index (χ1) is 40.9. The Morgan fingerprint density at radius 2 is 0.784 bits per heavy atom. The molecule has 0 aliphatic carbocycles. The SMILES string of the molecule is CC[C@@H](O)c1cnc(N2CCN(c3nc4c(-c5ccc(C(F)(F)F)cc5)cc(C(F)(F)F)cc4[nH]3)[C@H](C)C2)c(C(F)(F)F)c1.CC[C@H](O)c1cnc(N2CCN(c3nc4c(-c5ccc(C(F)(F)F)cc5)cc(C(F)(F)F)cc4[nH]3)[C@H](C)C2)c(C(F)(F)F)c1. The largest absolute Gasteiger partial charge is 0.419 e. The minimum atomic E-state index is -4.76. The van der Waals surface area contributed by atoms with Crippen LogP contribution in [0.5, 0.6) is 0 Å². The van der Waals surface area contributed by atoms with E-state index in [1.54, 1.807) is 37.5 Å². The first-order valence-corrected chi connectivity index (χ1v) is 27.0. The number of pyridine rings is 2. The molecule has 2 aliphatic heterocycles. The fourth-order valence-electron chi connectivity index (χ4n) is 10.6. The molecular weight excluding hydrogens is 1210 g/mol. The number of halogens is 18. The van der Waals surface area contributed by atoms with Crippen molar-refractivity contribution in [3.63, 3.8) is 0 Å². The van der Waals surface area contributed by atoms with Crippen LogP contribution in [0.15, 0.2) is 97.3 Å². The fourth-order valence-corrected chi connectivity index (χ4v) is 10.6. The normalized spacial score (nSPS) is 17.4. The van der Waals surface area contributed by atoms with E-state index < -0.39 is 94.7 Å². The number of aromatic amines is 2. The van der Waals surface area contributed by atoms with Gasteiger partial charge in [-0.05, 0) is 110 Å². The highest BCUT2D eigenvalue weighted by atomic mass is 19.4. The second kappa shape index (κ2) is 23.8. The van der Waals surface area contributed by atoms with Crippen molar-refractivity contribution in [3.8, 4) is 22.3 Å². The molecule has 4 aromatic heterocycles. The van der Waals surface area contributed by atoms with E-state index in [0.29, 0.717) is 0 Å². The van der Waals surface area contributed by atoms with Gasteiger partial charge in [0.2, 0.25) is 11.9 Å². The third kappa shape index (κ3) is 13.7. The van der Waals surface area contributed by atoms with E-state index in [0.717, 1.165) is 84.9 Å². The first kappa shape index (κ1) is 64.5. The third-order valence-electron chi connectivity index (χ3n) is 15.2. The summed E-state index contributed by atoms with van der Waals surface area (Å²) in [5.74, 6) is -0.296. The summed E-state index contributed by atoms with van der Waals surface area (Å²) in [6, 6.07) is 11.5. The first-order valence-electron chi connectivity index (χ1n) is 27.0. The molecule has 8 aromatic rings. The highest BCUT2D eigenvalue weighted by Gasteiger charge is 2.42. The number of anilines is 4. The molecule has 2 aliphatic rings. The number of aromatic nitrogens is 6. The Hall–Kier alpha value is -8.02. The summed E-state index contributed by atoms with van der Waals surface area (Å²) in [5, 5.41) is 20.1. The molecule has 0 amide bonds. The van der Waals surface area contributed by atoms with Crippen LogP contribution in [0.3, 0.4) is 0 Å². The number of benzene rings is 4. The molecule has 12 nitrogen and oxygen atoms in total. The van der Waals surface area contributed by atoms with E-state index in [-0.39, 0.29) is 131 Å². The smallest absolute Gasteiger partial charge is 0.388 e. The number of hydrogen-bond acceptors (Lipinski definition) is 10. The number of fused-ring (bicyclic) bond motifs is 2. The van der Waals surface area contributed by atoms with Gasteiger partial charge in [0.05, 0.1) is 67.7 Å². The molecule has 88 heavy (non-hydrogen) atoms. The summed E-state index contributed by atoms with van der Waals surface area (Å²) in [7, 11) is 0. The molecule has 30 heteroatoms. The molecule has 0 bridgehead atoms. The van der Waals surface area contributed by atoms with Gasteiger partial charge >= 0.3 is 37.1 Å². The van der Waals surface area contributed by atoms with Crippen molar-refractivity contribution < 1.29 is 89.2 Å². The highest BCUT2D eigenvalue weighted by molar-refractivity contribution is 5.95. The Bertz CT molecular complexity index is 3530. The maximum absolute atomic E-state index is 14.0. The molecule has 0 unspecified atom stereocenters. The van der Waals surface area contributed by atoms with Crippen molar-refractivity contribution >= 4 is 45.6 Å². The monoisotopic (exact) mass is 1260 g/mol. The predicted octanol–water partition coefficient (Wildman–Crippen LogP) is 15.7. The van der Waals surface area contributed by atoms with Crippen LogP contribution in [0.25, 0.3) is 44.3 Å². The number of rotatable bonds is 10. The van der Waals surface area contributed by atoms with Crippen molar-refractivity contribution in [1.29, 1.82) is 0 Å². The molecule has 4 N–H and O–H groups in total. The van der Waals surface area contributed by atoms with Crippen LogP contribution in [0.1, 0.15) is 97.3 Å². The van der Waals surface area contributed by atoms with Crippen molar-refractivity contribution in [2.24, 2.45) is 0 Å². The number of alkyl halides is 18. The molecule has 2 fully saturated rings. The van der Waals surface area contributed by atoms with Crippen LogP contribution in [0, 0.1) is 0 Å². The van der Waals surface area contributed by atoms with Crippen molar-refractivity contribution in [1.82, 2.24) is 29.9 Å². The number of hydrogen-bond donors (Lipinski definition) is 4. The van der Waals surface area contributed by atoms with Crippen LogP contribution in [-0.2, 0) is 37.1 Å². The molecule has 0 radical (unpaired) electrons. The quantitative estimate of drug-likeness (QED) is 0.0980. The van der Waals surface area contributed by atoms with Crippen molar-refractivity contribution in [3.05, 3.63) is 142 Å². The van der Waals surface area contributed by atoms with Gasteiger partial charge in [-0.2, -0.15) is 79.0 Å². The Morgan fingerprint density at radius 1 is 0.455 bits per heavy atom. The fraction of sp³-hybridized carbons (Fsp3) is 0.379. The number of H-pyrrole nitrogens is 2. The van der Waals surface area contributed by atoms with Crippen LogP contribution in [-0.4, -0.2) is 91.5 Å². The van der Waals surface area contributed by atoms with Crippen molar-refractivity contribution in [2.45, 2.75) is 102 Å².